The van der Waals surface area contributed by atoms with Gasteiger partial charge in [0.15, 0.2) is 11.5 Å². The molecule has 1 saturated heterocycles. The van der Waals surface area contributed by atoms with Crippen molar-refractivity contribution in [2.75, 3.05) is 19.5 Å². The molecule has 9 nitrogen and oxygen atoms in total. The lowest BCUT2D eigenvalue weighted by atomic mass is 10.1. The number of ether oxygens (including phenoxy) is 2. The fourth-order valence-corrected chi connectivity index (χ4v) is 3.63. The van der Waals surface area contributed by atoms with E-state index in [1.165, 1.54) is 14.2 Å². The SMILES string of the molecule is COc1ccc(CN2C(=O)N[C@@H](CC(=O)Nc3cccc4ncccc34)C2=O)cc1OC. The third-order valence-electron chi connectivity index (χ3n) is 5.20. The van der Waals surface area contributed by atoms with Gasteiger partial charge in [0.2, 0.25) is 5.91 Å². The number of rotatable bonds is 7. The third-order valence-corrected chi connectivity index (χ3v) is 5.20. The molecule has 9 heteroatoms. The first-order valence-corrected chi connectivity index (χ1v) is 9.96. The maximum atomic E-state index is 12.8. The van der Waals surface area contributed by atoms with Gasteiger partial charge in [0, 0.05) is 11.6 Å². The molecule has 1 aromatic heterocycles. The van der Waals surface area contributed by atoms with E-state index in [1.807, 2.05) is 12.1 Å². The van der Waals surface area contributed by atoms with Crippen LogP contribution in [0.2, 0.25) is 0 Å². The van der Waals surface area contributed by atoms with Gasteiger partial charge >= 0.3 is 6.03 Å². The van der Waals surface area contributed by atoms with Crippen LogP contribution in [0.1, 0.15) is 12.0 Å². The number of hydrogen-bond acceptors (Lipinski definition) is 6. The Hall–Kier alpha value is -4.14. The van der Waals surface area contributed by atoms with Crippen molar-refractivity contribution in [3.63, 3.8) is 0 Å². The van der Waals surface area contributed by atoms with E-state index >= 15 is 0 Å². The number of pyridine rings is 1. The lowest BCUT2D eigenvalue weighted by Gasteiger charge is -2.15. The van der Waals surface area contributed by atoms with Gasteiger partial charge in [-0.25, -0.2) is 4.79 Å². The van der Waals surface area contributed by atoms with Gasteiger partial charge in [-0.1, -0.05) is 12.1 Å². The molecule has 0 radical (unpaired) electrons. The quantitative estimate of drug-likeness (QED) is 0.554. The minimum absolute atomic E-state index is 0.0537. The molecule has 1 fully saturated rings. The summed E-state index contributed by atoms with van der Waals surface area (Å²) in [6.07, 6.45) is 1.50. The zero-order valence-electron chi connectivity index (χ0n) is 17.6. The fourth-order valence-electron chi connectivity index (χ4n) is 3.63. The van der Waals surface area contributed by atoms with Gasteiger partial charge in [-0.2, -0.15) is 0 Å². The van der Waals surface area contributed by atoms with Crippen molar-refractivity contribution in [2.45, 2.75) is 19.0 Å². The molecule has 0 unspecified atom stereocenters. The summed E-state index contributed by atoms with van der Waals surface area (Å²) in [5, 5.41) is 6.19. The first kappa shape index (κ1) is 21.1. The molecule has 4 amide bonds. The highest BCUT2D eigenvalue weighted by atomic mass is 16.5. The number of urea groups is 1. The molecule has 4 rings (SSSR count). The van der Waals surface area contributed by atoms with Crippen LogP contribution < -0.4 is 20.1 Å². The van der Waals surface area contributed by atoms with E-state index in [4.69, 9.17) is 9.47 Å². The third kappa shape index (κ3) is 4.18. The van der Waals surface area contributed by atoms with Gasteiger partial charge < -0.3 is 20.1 Å². The predicted molar refractivity (Wildman–Crippen MR) is 117 cm³/mol. The number of methoxy groups -OCH3 is 2. The summed E-state index contributed by atoms with van der Waals surface area (Å²) in [6.45, 7) is 0.0537. The number of imide groups is 1. The van der Waals surface area contributed by atoms with Crippen LogP contribution in [0.25, 0.3) is 10.9 Å². The number of aromatic nitrogens is 1. The number of amides is 4. The van der Waals surface area contributed by atoms with Crippen molar-refractivity contribution in [1.29, 1.82) is 0 Å². The highest BCUT2D eigenvalue weighted by Crippen LogP contribution is 2.28. The number of benzene rings is 2. The van der Waals surface area contributed by atoms with Crippen LogP contribution in [0.5, 0.6) is 11.5 Å². The molecule has 0 aliphatic carbocycles. The summed E-state index contributed by atoms with van der Waals surface area (Å²) in [4.78, 5) is 43.1. The van der Waals surface area contributed by atoms with Crippen LogP contribution >= 0.6 is 0 Å². The number of nitrogens with zero attached hydrogens (tertiary/aromatic N) is 2. The minimum Gasteiger partial charge on any atom is -0.493 e. The molecule has 0 spiro atoms. The van der Waals surface area contributed by atoms with Crippen molar-refractivity contribution in [1.82, 2.24) is 15.2 Å². The van der Waals surface area contributed by atoms with E-state index in [9.17, 15) is 14.4 Å². The van der Waals surface area contributed by atoms with Gasteiger partial charge in [0.1, 0.15) is 6.04 Å². The molecule has 1 aliphatic heterocycles. The summed E-state index contributed by atoms with van der Waals surface area (Å²) in [6, 6.07) is 12.7. The zero-order chi connectivity index (χ0) is 22.7. The van der Waals surface area contributed by atoms with Crippen LogP contribution in [-0.4, -0.2) is 48.0 Å². The Balaban J connectivity index is 1.43. The van der Waals surface area contributed by atoms with Gasteiger partial charge in [-0.05, 0) is 42.0 Å². The molecule has 1 atom stereocenters. The lowest BCUT2D eigenvalue weighted by molar-refractivity contribution is -0.130. The number of carbonyl (C=O) groups excluding carboxylic acids is 3. The molecule has 2 aromatic carbocycles. The summed E-state index contributed by atoms with van der Waals surface area (Å²) in [7, 11) is 3.04. The number of hydrogen-bond donors (Lipinski definition) is 2. The molecular formula is C23H22N4O5. The Bertz CT molecular complexity index is 1190. The smallest absolute Gasteiger partial charge is 0.325 e. The lowest BCUT2D eigenvalue weighted by Crippen LogP contribution is -2.34. The second kappa shape index (κ2) is 8.93. The summed E-state index contributed by atoms with van der Waals surface area (Å²) in [5.74, 6) is 0.205. The van der Waals surface area contributed by atoms with Crippen molar-refractivity contribution >= 4 is 34.4 Å². The first-order valence-electron chi connectivity index (χ1n) is 9.96. The predicted octanol–water partition coefficient (Wildman–Crippen LogP) is 2.70. The van der Waals surface area contributed by atoms with Crippen molar-refractivity contribution in [3.05, 3.63) is 60.3 Å². The molecule has 0 saturated carbocycles. The van der Waals surface area contributed by atoms with E-state index in [0.717, 1.165) is 15.8 Å². The largest absolute Gasteiger partial charge is 0.493 e. The highest BCUT2D eigenvalue weighted by molar-refractivity contribution is 6.08. The standard InChI is InChI=1S/C23H22N4O5/c1-31-19-9-8-14(11-20(19)32-2)13-27-22(29)18(26-23(27)30)12-21(28)25-17-7-3-6-16-15(17)5-4-10-24-16/h3-11,18H,12-13H2,1-2H3,(H,25,28)(H,26,30)/t18-/m0/s1. The van der Waals surface area contributed by atoms with Crippen LogP contribution in [0.3, 0.4) is 0 Å². The van der Waals surface area contributed by atoms with E-state index in [0.29, 0.717) is 22.7 Å². The minimum atomic E-state index is -0.934. The number of anilines is 1. The topological polar surface area (TPSA) is 110 Å². The van der Waals surface area contributed by atoms with Gasteiger partial charge in [-0.15, -0.1) is 0 Å². The molecule has 164 valence electrons. The molecular weight excluding hydrogens is 412 g/mol. The summed E-state index contributed by atoms with van der Waals surface area (Å²) in [5.41, 5.74) is 2.04. The molecule has 2 heterocycles. The molecule has 2 N–H and O–H groups in total. The molecule has 0 bridgehead atoms. The Labute approximate surface area is 184 Å². The van der Waals surface area contributed by atoms with E-state index in [2.05, 4.69) is 15.6 Å². The maximum Gasteiger partial charge on any atom is 0.325 e. The Morgan fingerprint density at radius 2 is 1.91 bits per heavy atom. The average molecular weight is 434 g/mol. The van der Waals surface area contributed by atoms with Crippen molar-refractivity contribution in [3.8, 4) is 11.5 Å². The Morgan fingerprint density at radius 1 is 1.09 bits per heavy atom. The van der Waals surface area contributed by atoms with Gasteiger partial charge in [0.25, 0.3) is 5.91 Å². The molecule has 32 heavy (non-hydrogen) atoms. The molecule has 3 aromatic rings. The number of nitrogens with one attached hydrogen (secondary N) is 2. The second-order valence-corrected chi connectivity index (χ2v) is 7.24. The van der Waals surface area contributed by atoms with Crippen LogP contribution in [-0.2, 0) is 16.1 Å². The van der Waals surface area contributed by atoms with E-state index in [-0.39, 0.29) is 18.9 Å². The van der Waals surface area contributed by atoms with Crippen LogP contribution in [0.15, 0.2) is 54.7 Å². The van der Waals surface area contributed by atoms with Gasteiger partial charge in [0.05, 0.1) is 38.4 Å². The number of carbonyl (C=O) groups is 3. The zero-order valence-corrected chi connectivity index (χ0v) is 17.6. The Morgan fingerprint density at radius 3 is 2.69 bits per heavy atom. The highest BCUT2D eigenvalue weighted by Gasteiger charge is 2.39. The van der Waals surface area contributed by atoms with Crippen molar-refractivity contribution in [2.24, 2.45) is 0 Å². The van der Waals surface area contributed by atoms with Crippen molar-refractivity contribution < 1.29 is 23.9 Å². The van der Waals surface area contributed by atoms with E-state index in [1.54, 1.807) is 42.6 Å². The molecule has 1 aliphatic rings. The van der Waals surface area contributed by atoms with Gasteiger partial charge in [-0.3, -0.25) is 19.5 Å². The monoisotopic (exact) mass is 434 g/mol. The average Bonchev–Trinajstić information content (AvgIpc) is 3.06. The Kier molecular flexibility index (Phi) is 5.89. The first-order chi connectivity index (χ1) is 15.5. The van der Waals surface area contributed by atoms with Crippen LogP contribution in [0, 0.1) is 0 Å². The number of fused-ring (bicyclic) bond motifs is 1. The summed E-state index contributed by atoms with van der Waals surface area (Å²) >= 11 is 0. The van der Waals surface area contributed by atoms with E-state index < -0.39 is 18.0 Å². The second-order valence-electron chi connectivity index (χ2n) is 7.24. The summed E-state index contributed by atoms with van der Waals surface area (Å²) < 4.78 is 10.5. The fraction of sp³-hybridized carbons (Fsp3) is 0.217. The van der Waals surface area contributed by atoms with Crippen LogP contribution in [0.4, 0.5) is 10.5 Å². The normalized spacial score (nSPS) is 15.6. The maximum absolute atomic E-state index is 12.8.